The minimum absolute atomic E-state index is 0.282. The average Bonchev–Trinajstić information content (AvgIpc) is 3.19. The van der Waals surface area contributed by atoms with Gasteiger partial charge in [-0.15, -0.1) is 0 Å². The van der Waals surface area contributed by atoms with Crippen molar-refractivity contribution < 1.29 is 0 Å². The van der Waals surface area contributed by atoms with Crippen LogP contribution in [0.25, 0.3) is 38.8 Å². The lowest BCUT2D eigenvalue weighted by atomic mass is 10.0. The molecule has 184 valence electrons. The van der Waals surface area contributed by atoms with Crippen molar-refractivity contribution >= 4 is 39.4 Å². The zero-order valence-corrected chi connectivity index (χ0v) is 21.3. The van der Waals surface area contributed by atoms with E-state index in [0.717, 1.165) is 70.6 Å². The number of hydrogen-bond acceptors (Lipinski definition) is 6. The molecule has 1 aliphatic rings. The van der Waals surface area contributed by atoms with E-state index in [9.17, 15) is 5.26 Å². The highest BCUT2D eigenvalue weighted by atomic mass is 35.5. The van der Waals surface area contributed by atoms with Crippen LogP contribution in [0.3, 0.4) is 0 Å². The maximum atomic E-state index is 10.0. The highest BCUT2D eigenvalue weighted by Crippen LogP contribution is 2.32. The number of nitrogens with zero attached hydrogens (tertiary/aromatic N) is 6. The minimum Gasteiger partial charge on any atom is -0.353 e. The molecule has 1 fully saturated rings. The summed E-state index contributed by atoms with van der Waals surface area (Å²) in [4.78, 5) is 11.7. The molecule has 0 saturated carbocycles. The molecule has 0 spiro atoms. The normalized spacial score (nSPS) is 13.8. The first-order chi connectivity index (χ1) is 18.0. The lowest BCUT2D eigenvalue weighted by Crippen LogP contribution is -2.44. The molecule has 0 amide bonds. The Morgan fingerprint density at radius 1 is 1.05 bits per heavy atom. The highest BCUT2D eigenvalue weighted by Gasteiger charge is 2.21. The number of rotatable bonds is 3. The number of benzene rings is 2. The second-order valence-corrected chi connectivity index (χ2v) is 9.70. The number of aryl methyl sites for hydroxylation is 2. The van der Waals surface area contributed by atoms with Crippen LogP contribution in [0.4, 0.5) is 5.82 Å². The maximum absolute atomic E-state index is 10.0. The summed E-state index contributed by atoms with van der Waals surface area (Å²) < 4.78 is 3.70. The summed E-state index contributed by atoms with van der Waals surface area (Å²) in [6.07, 6.45) is 1.80. The SMILES string of the molecule is Cc1nc(N2CCNCC2)c(C#N)cc1-n1c(=N)n(C)c2cnc3ccc(-c4ccc(Cl)cc4)cc3c21. The topological polar surface area (TPSA) is 98.5 Å². The highest BCUT2D eigenvalue weighted by molar-refractivity contribution is 6.30. The van der Waals surface area contributed by atoms with Crippen molar-refractivity contribution in [2.75, 3.05) is 31.1 Å². The fourth-order valence-corrected chi connectivity index (χ4v) is 5.21. The third-order valence-corrected chi connectivity index (χ3v) is 7.31. The summed E-state index contributed by atoms with van der Waals surface area (Å²) in [6, 6.07) is 18.1. The van der Waals surface area contributed by atoms with E-state index in [-0.39, 0.29) is 5.62 Å². The molecule has 37 heavy (non-hydrogen) atoms. The molecule has 1 aliphatic heterocycles. The van der Waals surface area contributed by atoms with Crippen LogP contribution in [0.2, 0.25) is 5.02 Å². The van der Waals surface area contributed by atoms with Crippen molar-refractivity contribution in [1.82, 2.24) is 24.4 Å². The fraction of sp³-hybridized carbons (Fsp3) is 0.214. The van der Waals surface area contributed by atoms with E-state index >= 15 is 0 Å². The molecule has 0 unspecified atom stereocenters. The zero-order chi connectivity index (χ0) is 25.7. The zero-order valence-electron chi connectivity index (χ0n) is 20.6. The molecule has 5 aromatic rings. The summed E-state index contributed by atoms with van der Waals surface area (Å²) >= 11 is 6.11. The van der Waals surface area contributed by atoms with E-state index in [1.807, 2.05) is 65.6 Å². The smallest absolute Gasteiger partial charge is 0.207 e. The monoisotopic (exact) mass is 508 g/mol. The molecule has 4 heterocycles. The predicted octanol–water partition coefficient (Wildman–Crippen LogP) is 4.30. The van der Waals surface area contributed by atoms with Gasteiger partial charge in [0.1, 0.15) is 11.9 Å². The van der Waals surface area contributed by atoms with Crippen LogP contribution in [0.5, 0.6) is 0 Å². The lowest BCUT2D eigenvalue weighted by Gasteiger charge is -2.29. The van der Waals surface area contributed by atoms with Crippen LogP contribution < -0.4 is 15.8 Å². The van der Waals surface area contributed by atoms with Gasteiger partial charge in [0.05, 0.1) is 39.7 Å². The van der Waals surface area contributed by atoms with Crippen molar-refractivity contribution in [1.29, 1.82) is 10.7 Å². The van der Waals surface area contributed by atoms with Gasteiger partial charge in [-0.25, -0.2) is 4.98 Å². The second-order valence-electron chi connectivity index (χ2n) is 9.26. The summed E-state index contributed by atoms with van der Waals surface area (Å²) in [5.74, 6) is 0.703. The number of piperazine rings is 1. The van der Waals surface area contributed by atoms with Gasteiger partial charge in [0, 0.05) is 43.6 Å². The predicted molar refractivity (Wildman–Crippen MR) is 146 cm³/mol. The molecular formula is C28H25ClN8. The first-order valence-corrected chi connectivity index (χ1v) is 12.5. The van der Waals surface area contributed by atoms with Crippen molar-refractivity contribution in [2.45, 2.75) is 6.92 Å². The number of fused-ring (bicyclic) bond motifs is 3. The van der Waals surface area contributed by atoms with E-state index in [2.05, 4.69) is 27.3 Å². The van der Waals surface area contributed by atoms with Gasteiger partial charge in [0.25, 0.3) is 0 Å². The molecule has 0 bridgehead atoms. The molecule has 0 radical (unpaired) electrons. The van der Waals surface area contributed by atoms with Crippen LogP contribution in [0, 0.1) is 23.7 Å². The number of halogens is 1. The van der Waals surface area contributed by atoms with Crippen molar-refractivity contribution in [3.63, 3.8) is 0 Å². The number of imidazole rings is 1. The van der Waals surface area contributed by atoms with Crippen LogP contribution in [0.15, 0.2) is 54.7 Å². The van der Waals surface area contributed by atoms with Gasteiger partial charge in [-0.2, -0.15) is 5.26 Å². The van der Waals surface area contributed by atoms with Crippen molar-refractivity contribution in [2.24, 2.45) is 7.05 Å². The quantitative estimate of drug-likeness (QED) is 0.378. The molecule has 3 aromatic heterocycles. The minimum atomic E-state index is 0.282. The van der Waals surface area contributed by atoms with E-state index in [1.165, 1.54) is 0 Å². The van der Waals surface area contributed by atoms with Crippen LogP contribution in [-0.2, 0) is 7.05 Å². The van der Waals surface area contributed by atoms with Gasteiger partial charge in [0.2, 0.25) is 5.62 Å². The Bertz CT molecular complexity index is 1770. The lowest BCUT2D eigenvalue weighted by molar-refractivity contribution is 0.584. The number of hydrogen-bond donors (Lipinski definition) is 2. The first kappa shape index (κ1) is 23.2. The summed E-state index contributed by atoms with van der Waals surface area (Å²) in [5.41, 5.74) is 6.85. The molecule has 0 atom stereocenters. The van der Waals surface area contributed by atoms with Gasteiger partial charge in [0.15, 0.2) is 0 Å². The van der Waals surface area contributed by atoms with Crippen LogP contribution >= 0.6 is 11.6 Å². The van der Waals surface area contributed by atoms with Crippen molar-refractivity contribution in [3.05, 3.63) is 76.6 Å². The number of aromatic nitrogens is 4. The molecule has 0 aliphatic carbocycles. The van der Waals surface area contributed by atoms with Gasteiger partial charge < -0.3 is 14.8 Å². The number of pyridine rings is 2. The third-order valence-electron chi connectivity index (χ3n) is 7.06. The van der Waals surface area contributed by atoms with E-state index in [0.29, 0.717) is 16.4 Å². The average molecular weight is 509 g/mol. The summed E-state index contributed by atoms with van der Waals surface area (Å²) in [5, 5.41) is 24.0. The Hall–Kier alpha value is -4.19. The number of nitriles is 1. The Balaban J connectivity index is 1.61. The van der Waals surface area contributed by atoms with Gasteiger partial charge in [-0.05, 0) is 48.4 Å². The Morgan fingerprint density at radius 2 is 1.78 bits per heavy atom. The van der Waals surface area contributed by atoms with Gasteiger partial charge in [-0.3, -0.25) is 15.0 Å². The largest absolute Gasteiger partial charge is 0.353 e. The molecule has 6 rings (SSSR count). The molecule has 2 aromatic carbocycles. The van der Waals surface area contributed by atoms with Crippen LogP contribution in [-0.4, -0.2) is 45.3 Å². The number of anilines is 1. The Kier molecular flexibility index (Phi) is 5.67. The molecule has 1 saturated heterocycles. The fourth-order valence-electron chi connectivity index (χ4n) is 5.08. The molecule has 2 N–H and O–H groups in total. The maximum Gasteiger partial charge on any atom is 0.207 e. The van der Waals surface area contributed by atoms with E-state index < -0.39 is 0 Å². The van der Waals surface area contributed by atoms with Gasteiger partial charge in [-0.1, -0.05) is 29.8 Å². The Labute approximate surface area is 218 Å². The third kappa shape index (κ3) is 3.84. The van der Waals surface area contributed by atoms with E-state index in [4.69, 9.17) is 22.0 Å². The standard InChI is InChI=1S/C28H25ClN8/c1-17-24(14-20(15-30)27(34-17)36-11-9-32-10-12-36)37-26-22-13-19(18-3-6-21(29)7-4-18)5-8-23(22)33-16-25(26)35(2)28(37)31/h3-8,13-14,16,31-32H,9-12H2,1-2H3. The van der Waals surface area contributed by atoms with Crippen LogP contribution in [0.1, 0.15) is 11.3 Å². The molecular weight excluding hydrogens is 484 g/mol. The second kappa shape index (κ2) is 9.04. The first-order valence-electron chi connectivity index (χ1n) is 12.1. The van der Waals surface area contributed by atoms with Crippen molar-refractivity contribution in [3.8, 4) is 22.9 Å². The van der Waals surface area contributed by atoms with E-state index in [1.54, 1.807) is 6.20 Å². The molecule has 8 nitrogen and oxygen atoms in total. The summed E-state index contributed by atoms with van der Waals surface area (Å²) in [7, 11) is 1.86. The van der Waals surface area contributed by atoms with Gasteiger partial charge >= 0.3 is 0 Å². The summed E-state index contributed by atoms with van der Waals surface area (Å²) in [6.45, 7) is 5.26. The Morgan fingerprint density at radius 3 is 2.51 bits per heavy atom. The molecule has 9 heteroatoms. The number of nitrogens with one attached hydrogen (secondary N) is 2.